The van der Waals surface area contributed by atoms with E-state index in [4.69, 9.17) is 5.73 Å². The molecule has 0 spiro atoms. The summed E-state index contributed by atoms with van der Waals surface area (Å²) in [6, 6.07) is 5.73. The maximum Gasteiger partial charge on any atom is 0.573 e. The second-order valence-corrected chi connectivity index (χ2v) is 5.19. The van der Waals surface area contributed by atoms with E-state index in [9.17, 15) is 13.2 Å². The Balaban J connectivity index is 2.50. The number of nitrogens with one attached hydrogen (secondary N) is 1. The molecule has 8 heteroatoms. The van der Waals surface area contributed by atoms with E-state index in [-0.39, 0.29) is 11.7 Å². The summed E-state index contributed by atoms with van der Waals surface area (Å²) in [7, 11) is 0. The number of hydrogen-bond acceptors (Lipinski definition) is 3. The van der Waals surface area contributed by atoms with Gasteiger partial charge in [0.15, 0.2) is 5.96 Å². The Labute approximate surface area is 134 Å². The van der Waals surface area contributed by atoms with Gasteiger partial charge in [-0.2, -0.15) is 0 Å². The number of guanidine groups is 1. The topological polar surface area (TPSA) is 62.9 Å². The molecule has 1 aromatic carbocycles. The van der Waals surface area contributed by atoms with Crippen molar-refractivity contribution in [3.63, 3.8) is 0 Å². The van der Waals surface area contributed by atoms with Crippen molar-refractivity contribution in [2.75, 3.05) is 25.0 Å². The summed E-state index contributed by atoms with van der Waals surface area (Å²) in [5, 5.41) is 2.83. The van der Waals surface area contributed by atoms with Crippen LogP contribution in [0.3, 0.4) is 0 Å². The Morgan fingerprint density at radius 3 is 2.39 bits per heavy atom. The van der Waals surface area contributed by atoms with Gasteiger partial charge in [0.25, 0.3) is 0 Å². The number of anilines is 1. The quantitative estimate of drug-likeness (QED) is 0.595. The van der Waals surface area contributed by atoms with Crippen molar-refractivity contribution >= 4 is 11.6 Å². The van der Waals surface area contributed by atoms with Crippen LogP contribution in [0.5, 0.6) is 5.75 Å². The molecule has 3 N–H and O–H groups in total. The fourth-order valence-electron chi connectivity index (χ4n) is 2.01. The number of nitrogens with two attached hydrogens (primary N) is 1. The van der Waals surface area contributed by atoms with E-state index in [1.54, 1.807) is 0 Å². The van der Waals surface area contributed by atoms with Crippen LogP contribution < -0.4 is 15.8 Å². The number of alkyl halides is 3. The molecule has 130 valence electrons. The largest absolute Gasteiger partial charge is 0.573 e. The predicted octanol–water partition coefficient (Wildman–Crippen LogP) is 3.04. The molecule has 0 aliphatic rings. The highest BCUT2D eigenvalue weighted by Crippen LogP contribution is 2.23. The first kappa shape index (κ1) is 19.1. The maximum absolute atomic E-state index is 12.1. The van der Waals surface area contributed by atoms with Crippen molar-refractivity contribution in [3.8, 4) is 5.75 Å². The van der Waals surface area contributed by atoms with E-state index < -0.39 is 6.36 Å². The molecule has 0 aliphatic heterocycles. The highest BCUT2D eigenvalue weighted by Gasteiger charge is 2.30. The summed E-state index contributed by atoms with van der Waals surface area (Å²) >= 11 is 0. The zero-order valence-electron chi connectivity index (χ0n) is 13.5. The van der Waals surface area contributed by atoms with Gasteiger partial charge in [-0.3, -0.25) is 9.89 Å². The summed E-state index contributed by atoms with van der Waals surface area (Å²) in [6.45, 7) is 8.56. The Bertz CT molecular complexity index is 500. The molecule has 1 aromatic rings. The molecule has 0 aromatic heterocycles. The average Bonchev–Trinajstić information content (AvgIpc) is 2.44. The molecule has 0 aliphatic carbocycles. The standard InChI is InChI=1S/C15H23F3N4O/c1-4-22(11(2)3)10-9-20-14(19)21-12-5-7-13(8-6-12)23-15(16,17)18/h5-8,11H,4,9-10H2,1-3H3,(H3,19,20,21). The molecule has 0 saturated carbocycles. The van der Waals surface area contributed by atoms with Crippen molar-refractivity contribution in [2.45, 2.75) is 33.2 Å². The van der Waals surface area contributed by atoms with E-state index in [2.05, 4.69) is 40.7 Å². The van der Waals surface area contributed by atoms with Gasteiger partial charge in [0.1, 0.15) is 5.75 Å². The maximum atomic E-state index is 12.1. The van der Waals surface area contributed by atoms with Gasteiger partial charge in [0.2, 0.25) is 0 Å². The smallest absolute Gasteiger partial charge is 0.406 e. The summed E-state index contributed by atoms with van der Waals surface area (Å²) in [5.74, 6) is -0.0663. The Kier molecular flexibility index (Phi) is 7.15. The third-order valence-electron chi connectivity index (χ3n) is 3.17. The molecule has 23 heavy (non-hydrogen) atoms. The molecule has 0 radical (unpaired) electrons. The molecule has 0 amide bonds. The Morgan fingerprint density at radius 1 is 1.30 bits per heavy atom. The third-order valence-corrected chi connectivity index (χ3v) is 3.17. The van der Waals surface area contributed by atoms with Crippen LogP contribution in [0, 0.1) is 0 Å². The molecule has 0 heterocycles. The minimum Gasteiger partial charge on any atom is -0.406 e. The van der Waals surface area contributed by atoms with E-state index in [1.165, 1.54) is 24.3 Å². The summed E-state index contributed by atoms with van der Waals surface area (Å²) in [5.41, 5.74) is 6.30. The fourth-order valence-corrected chi connectivity index (χ4v) is 2.01. The third kappa shape index (κ3) is 7.73. The minimum atomic E-state index is -4.70. The van der Waals surface area contributed by atoms with E-state index >= 15 is 0 Å². The van der Waals surface area contributed by atoms with Crippen molar-refractivity contribution in [1.29, 1.82) is 0 Å². The molecule has 0 unspecified atom stereocenters. The molecule has 0 atom stereocenters. The van der Waals surface area contributed by atoms with Crippen LogP contribution in [0.1, 0.15) is 20.8 Å². The number of hydrogen-bond donors (Lipinski definition) is 2. The van der Waals surface area contributed by atoms with Gasteiger partial charge in [-0.05, 0) is 44.7 Å². The predicted molar refractivity (Wildman–Crippen MR) is 85.6 cm³/mol. The molecule has 0 bridgehead atoms. The zero-order valence-corrected chi connectivity index (χ0v) is 13.5. The highest BCUT2D eigenvalue weighted by atomic mass is 19.4. The number of benzene rings is 1. The average molecular weight is 332 g/mol. The lowest BCUT2D eigenvalue weighted by Crippen LogP contribution is -2.33. The van der Waals surface area contributed by atoms with Gasteiger partial charge >= 0.3 is 6.36 Å². The first-order chi connectivity index (χ1) is 10.7. The van der Waals surface area contributed by atoms with E-state index in [0.29, 0.717) is 18.3 Å². The van der Waals surface area contributed by atoms with Crippen molar-refractivity contribution in [2.24, 2.45) is 10.7 Å². The van der Waals surface area contributed by atoms with Crippen LogP contribution in [0.15, 0.2) is 29.3 Å². The number of likely N-dealkylation sites (N-methyl/N-ethyl adjacent to an activating group) is 1. The molecule has 5 nitrogen and oxygen atoms in total. The highest BCUT2D eigenvalue weighted by molar-refractivity contribution is 5.92. The van der Waals surface area contributed by atoms with Crippen LogP contribution in [-0.4, -0.2) is 42.9 Å². The lowest BCUT2D eigenvalue weighted by Gasteiger charge is -2.23. The second-order valence-electron chi connectivity index (χ2n) is 5.19. The van der Waals surface area contributed by atoms with Crippen LogP contribution in [0.4, 0.5) is 18.9 Å². The van der Waals surface area contributed by atoms with Gasteiger partial charge in [0, 0.05) is 18.3 Å². The van der Waals surface area contributed by atoms with Crippen molar-refractivity contribution in [1.82, 2.24) is 4.90 Å². The second kappa shape index (κ2) is 8.61. The van der Waals surface area contributed by atoms with Crippen LogP contribution in [0.2, 0.25) is 0 Å². The number of aliphatic imine (C=N–C) groups is 1. The number of halogens is 3. The molecule has 0 saturated heterocycles. The molecular formula is C15H23F3N4O. The van der Waals surface area contributed by atoms with E-state index in [1.807, 2.05) is 0 Å². The molecular weight excluding hydrogens is 309 g/mol. The number of ether oxygens (including phenoxy) is 1. The number of nitrogens with zero attached hydrogens (tertiary/aromatic N) is 2. The van der Waals surface area contributed by atoms with Gasteiger partial charge in [-0.25, -0.2) is 0 Å². The molecule has 0 fully saturated rings. The van der Waals surface area contributed by atoms with Crippen LogP contribution in [0.25, 0.3) is 0 Å². The lowest BCUT2D eigenvalue weighted by molar-refractivity contribution is -0.274. The van der Waals surface area contributed by atoms with Gasteiger partial charge in [-0.1, -0.05) is 6.92 Å². The van der Waals surface area contributed by atoms with Crippen LogP contribution in [-0.2, 0) is 0 Å². The van der Waals surface area contributed by atoms with Crippen molar-refractivity contribution < 1.29 is 17.9 Å². The fraction of sp³-hybridized carbons (Fsp3) is 0.533. The summed E-state index contributed by atoms with van der Waals surface area (Å²) in [4.78, 5) is 6.45. The summed E-state index contributed by atoms with van der Waals surface area (Å²) < 4.78 is 40.0. The van der Waals surface area contributed by atoms with Gasteiger partial charge in [0.05, 0.1) is 6.54 Å². The van der Waals surface area contributed by atoms with Gasteiger partial charge < -0.3 is 15.8 Å². The Morgan fingerprint density at radius 2 is 1.91 bits per heavy atom. The first-order valence-electron chi connectivity index (χ1n) is 7.38. The Hall–Kier alpha value is -1.96. The normalized spacial score (nSPS) is 12.8. The SMILES string of the molecule is CCN(CCN=C(N)Nc1ccc(OC(F)(F)F)cc1)C(C)C. The number of rotatable bonds is 7. The van der Waals surface area contributed by atoms with Gasteiger partial charge in [-0.15, -0.1) is 13.2 Å². The lowest BCUT2D eigenvalue weighted by atomic mass is 10.3. The first-order valence-corrected chi connectivity index (χ1v) is 7.38. The monoisotopic (exact) mass is 332 g/mol. The van der Waals surface area contributed by atoms with E-state index in [0.717, 1.165) is 13.1 Å². The van der Waals surface area contributed by atoms with Crippen molar-refractivity contribution in [3.05, 3.63) is 24.3 Å². The van der Waals surface area contributed by atoms with Crippen LogP contribution >= 0.6 is 0 Å². The molecule has 1 rings (SSSR count). The summed E-state index contributed by atoms with van der Waals surface area (Å²) in [6.07, 6.45) is -4.70. The zero-order chi connectivity index (χ0) is 17.5. The minimum absolute atomic E-state index is 0.217.